The van der Waals surface area contributed by atoms with Gasteiger partial charge in [-0.1, -0.05) is 12.1 Å². The third-order valence-electron chi connectivity index (χ3n) is 5.17. The number of aromatic nitrogens is 4. The van der Waals surface area contributed by atoms with Crippen LogP contribution in [0.2, 0.25) is 0 Å². The van der Waals surface area contributed by atoms with Crippen molar-refractivity contribution in [3.8, 4) is 0 Å². The first-order valence-corrected chi connectivity index (χ1v) is 9.85. The van der Waals surface area contributed by atoms with Crippen LogP contribution in [0.1, 0.15) is 30.3 Å². The molecule has 8 heteroatoms. The van der Waals surface area contributed by atoms with E-state index in [1.165, 1.54) is 16.8 Å². The van der Waals surface area contributed by atoms with Crippen molar-refractivity contribution in [1.82, 2.24) is 30.0 Å². The minimum Gasteiger partial charge on any atom is -0.356 e. The maximum Gasteiger partial charge on any atom is 0.191 e. The van der Waals surface area contributed by atoms with E-state index in [2.05, 4.69) is 63.2 Å². The molecular weight excluding hydrogens is 477 g/mol. The fourth-order valence-electron chi connectivity index (χ4n) is 3.54. The molecule has 0 aliphatic rings. The van der Waals surface area contributed by atoms with Gasteiger partial charge < -0.3 is 15.2 Å². The van der Waals surface area contributed by atoms with Crippen molar-refractivity contribution in [2.75, 3.05) is 13.6 Å². The van der Waals surface area contributed by atoms with Crippen molar-refractivity contribution in [2.24, 2.45) is 12.0 Å². The molecule has 0 radical (unpaired) electrons. The van der Waals surface area contributed by atoms with Crippen LogP contribution in [0.4, 0.5) is 0 Å². The van der Waals surface area contributed by atoms with Gasteiger partial charge in [-0.2, -0.15) is 5.10 Å². The number of imidazole rings is 1. The Hall–Kier alpha value is -2.10. The van der Waals surface area contributed by atoms with E-state index in [-0.39, 0.29) is 30.0 Å². The van der Waals surface area contributed by atoms with Gasteiger partial charge in [0.25, 0.3) is 0 Å². The Balaban J connectivity index is 0.00000300. The molecule has 1 aromatic carbocycles. The van der Waals surface area contributed by atoms with Crippen LogP contribution in [0.5, 0.6) is 0 Å². The first-order valence-electron chi connectivity index (χ1n) is 9.85. The van der Waals surface area contributed by atoms with Gasteiger partial charge in [-0.15, -0.1) is 24.0 Å². The lowest BCUT2D eigenvalue weighted by Gasteiger charge is -2.18. The van der Waals surface area contributed by atoms with Gasteiger partial charge in [0.15, 0.2) is 5.96 Å². The molecule has 2 N–H and O–H groups in total. The number of rotatable bonds is 7. The zero-order valence-electron chi connectivity index (χ0n) is 17.9. The Bertz CT molecular complexity index is 957. The second-order valence-electron chi connectivity index (χ2n) is 7.30. The summed E-state index contributed by atoms with van der Waals surface area (Å²) in [5, 5.41) is 11.4. The summed E-state index contributed by atoms with van der Waals surface area (Å²) < 4.78 is 4.15. The molecule has 7 nitrogen and oxygen atoms in total. The van der Waals surface area contributed by atoms with Crippen LogP contribution < -0.4 is 10.6 Å². The van der Waals surface area contributed by atoms with E-state index >= 15 is 0 Å². The molecule has 3 rings (SSSR count). The monoisotopic (exact) mass is 509 g/mol. The number of nitrogens with one attached hydrogen (secondary N) is 2. The maximum absolute atomic E-state index is 4.51. The molecule has 0 fully saturated rings. The number of aryl methyl sites for hydroxylation is 3. The number of hydrogen-bond donors (Lipinski definition) is 2. The molecule has 1 unspecified atom stereocenters. The number of guanidine groups is 1. The molecule has 29 heavy (non-hydrogen) atoms. The average molecular weight is 509 g/mol. The number of para-hydroxylation sites is 2. The van der Waals surface area contributed by atoms with Gasteiger partial charge in [0.1, 0.15) is 0 Å². The highest BCUT2D eigenvalue weighted by molar-refractivity contribution is 14.0. The molecule has 2 aromatic heterocycles. The Morgan fingerprint density at radius 2 is 2.00 bits per heavy atom. The van der Waals surface area contributed by atoms with E-state index in [1.807, 2.05) is 37.2 Å². The summed E-state index contributed by atoms with van der Waals surface area (Å²) in [7, 11) is 3.81. The lowest BCUT2D eigenvalue weighted by molar-refractivity contribution is 0.611. The lowest BCUT2D eigenvalue weighted by Crippen LogP contribution is -2.43. The highest BCUT2D eigenvalue weighted by Gasteiger charge is 2.14. The van der Waals surface area contributed by atoms with Crippen molar-refractivity contribution in [2.45, 2.75) is 46.2 Å². The van der Waals surface area contributed by atoms with E-state index in [0.29, 0.717) is 0 Å². The number of hydrogen-bond acceptors (Lipinski definition) is 3. The third-order valence-corrected chi connectivity index (χ3v) is 5.17. The quantitative estimate of drug-likeness (QED) is 0.222. The maximum atomic E-state index is 4.51. The molecule has 0 spiro atoms. The molecule has 3 aromatic rings. The normalized spacial score (nSPS) is 12.7. The summed E-state index contributed by atoms with van der Waals surface area (Å²) in [5.41, 5.74) is 5.86. The van der Waals surface area contributed by atoms with E-state index in [1.54, 1.807) is 0 Å². The molecule has 0 saturated carbocycles. The van der Waals surface area contributed by atoms with Crippen molar-refractivity contribution in [3.05, 3.63) is 47.5 Å². The number of fused-ring (bicyclic) bond motifs is 1. The predicted molar refractivity (Wildman–Crippen MR) is 130 cm³/mol. The van der Waals surface area contributed by atoms with Gasteiger partial charge in [-0.3, -0.25) is 9.67 Å². The van der Waals surface area contributed by atoms with Gasteiger partial charge >= 0.3 is 0 Å². The minimum absolute atomic E-state index is 0. The fourth-order valence-corrected chi connectivity index (χ4v) is 3.54. The summed E-state index contributed by atoms with van der Waals surface area (Å²) >= 11 is 0. The fraction of sp³-hybridized carbons (Fsp3) is 0.476. The summed E-state index contributed by atoms with van der Waals surface area (Å²) in [6.45, 7) is 8.14. The highest BCUT2D eigenvalue weighted by Crippen LogP contribution is 2.14. The molecule has 0 aliphatic heterocycles. The smallest absolute Gasteiger partial charge is 0.191 e. The molecule has 2 heterocycles. The standard InChI is InChI=1S/C21H31N7.HI/c1-15(13-18-16(2)26-27(5)17(18)3)25-21(22-4)23-11-8-12-28-14-24-19-9-6-7-10-20(19)28;/h6-7,9-10,14-15H,8,11-13H2,1-5H3,(H2,22,23,25);1H. The van der Waals surface area contributed by atoms with E-state index < -0.39 is 0 Å². The number of nitrogens with zero attached hydrogens (tertiary/aromatic N) is 5. The Kier molecular flexibility index (Phi) is 8.48. The van der Waals surface area contributed by atoms with Gasteiger partial charge in [0.2, 0.25) is 0 Å². The van der Waals surface area contributed by atoms with E-state index in [0.717, 1.165) is 43.1 Å². The van der Waals surface area contributed by atoms with E-state index in [9.17, 15) is 0 Å². The highest BCUT2D eigenvalue weighted by atomic mass is 127. The van der Waals surface area contributed by atoms with Crippen molar-refractivity contribution >= 4 is 41.0 Å². The predicted octanol–water partition coefficient (Wildman–Crippen LogP) is 3.19. The van der Waals surface area contributed by atoms with Crippen LogP contribution in [-0.4, -0.2) is 44.9 Å². The summed E-state index contributed by atoms with van der Waals surface area (Å²) in [5.74, 6) is 0.835. The zero-order chi connectivity index (χ0) is 20.1. The molecule has 0 bridgehead atoms. The summed E-state index contributed by atoms with van der Waals surface area (Å²) in [6.07, 6.45) is 3.84. The van der Waals surface area contributed by atoms with Crippen LogP contribution in [0, 0.1) is 13.8 Å². The van der Waals surface area contributed by atoms with Crippen LogP contribution in [-0.2, 0) is 20.0 Å². The van der Waals surface area contributed by atoms with Crippen molar-refractivity contribution < 1.29 is 0 Å². The van der Waals surface area contributed by atoms with Gasteiger partial charge in [-0.05, 0) is 51.3 Å². The number of aliphatic imine (C=N–C) groups is 1. The molecule has 0 saturated heterocycles. The zero-order valence-corrected chi connectivity index (χ0v) is 20.3. The topological polar surface area (TPSA) is 72.1 Å². The van der Waals surface area contributed by atoms with Crippen molar-refractivity contribution in [3.63, 3.8) is 0 Å². The summed E-state index contributed by atoms with van der Waals surface area (Å²) in [4.78, 5) is 8.80. The first kappa shape index (κ1) is 23.2. The molecule has 0 amide bonds. The molecular formula is C21H32IN7. The largest absolute Gasteiger partial charge is 0.356 e. The molecule has 0 aliphatic carbocycles. The van der Waals surface area contributed by atoms with Gasteiger partial charge in [0.05, 0.1) is 23.1 Å². The number of benzene rings is 1. The van der Waals surface area contributed by atoms with Crippen LogP contribution in [0.15, 0.2) is 35.6 Å². The third kappa shape index (κ3) is 5.71. The van der Waals surface area contributed by atoms with Crippen molar-refractivity contribution in [1.29, 1.82) is 0 Å². The molecule has 158 valence electrons. The van der Waals surface area contributed by atoms with Gasteiger partial charge in [-0.25, -0.2) is 4.98 Å². The van der Waals surface area contributed by atoms with E-state index in [4.69, 9.17) is 0 Å². The Morgan fingerprint density at radius 1 is 1.24 bits per heavy atom. The summed E-state index contributed by atoms with van der Waals surface area (Å²) in [6, 6.07) is 8.50. The van der Waals surface area contributed by atoms with Crippen LogP contribution >= 0.6 is 24.0 Å². The van der Waals surface area contributed by atoms with Crippen LogP contribution in [0.3, 0.4) is 0 Å². The average Bonchev–Trinajstić information content (AvgIpc) is 3.20. The Labute approximate surface area is 190 Å². The second-order valence-corrected chi connectivity index (χ2v) is 7.30. The minimum atomic E-state index is 0. The molecule has 1 atom stereocenters. The number of halogens is 1. The first-order chi connectivity index (χ1) is 13.5. The Morgan fingerprint density at radius 3 is 2.69 bits per heavy atom. The van der Waals surface area contributed by atoms with Gasteiger partial charge in [0, 0.05) is 38.9 Å². The SMILES string of the molecule is CN=C(NCCCn1cnc2ccccc21)NC(C)Cc1c(C)nn(C)c1C.I. The van der Waals surface area contributed by atoms with Crippen LogP contribution in [0.25, 0.3) is 11.0 Å². The second kappa shape index (κ2) is 10.6. The lowest BCUT2D eigenvalue weighted by atomic mass is 10.1.